The van der Waals surface area contributed by atoms with Crippen molar-refractivity contribution in [2.24, 2.45) is 0 Å². The van der Waals surface area contributed by atoms with Crippen LogP contribution in [0.1, 0.15) is 44.9 Å². The number of rotatable bonds is 5. The van der Waals surface area contributed by atoms with Crippen molar-refractivity contribution >= 4 is 0 Å². The summed E-state index contributed by atoms with van der Waals surface area (Å²) in [5, 5.41) is 16.2. The second kappa shape index (κ2) is 6.44. The van der Waals surface area contributed by atoms with Crippen LogP contribution in [0, 0.1) is 0 Å². The first kappa shape index (κ1) is 15.0. The number of hydrogen-bond acceptors (Lipinski definition) is 5. The zero-order chi connectivity index (χ0) is 15.4. The zero-order valence-electron chi connectivity index (χ0n) is 13.2. The molecule has 0 saturated heterocycles. The summed E-state index contributed by atoms with van der Waals surface area (Å²) in [7, 11) is 1.67. The number of methoxy groups -OCH3 is 1. The van der Waals surface area contributed by atoms with E-state index in [1.165, 1.54) is 19.3 Å². The average Bonchev–Trinajstić information content (AvgIpc) is 3.06. The molecule has 1 fully saturated rings. The summed E-state index contributed by atoms with van der Waals surface area (Å²) in [5.41, 5.74) is 0.807. The number of nitrogens with one attached hydrogen (secondary N) is 1. The van der Waals surface area contributed by atoms with Crippen LogP contribution in [0.4, 0.5) is 0 Å². The molecule has 1 aromatic carbocycles. The fourth-order valence-corrected chi connectivity index (χ4v) is 3.37. The Bertz CT molecular complexity index is 613. The van der Waals surface area contributed by atoms with Crippen LogP contribution >= 0.6 is 0 Å². The molecular weight excluding hydrogens is 278 g/mol. The Morgan fingerprint density at radius 1 is 1.27 bits per heavy atom. The van der Waals surface area contributed by atoms with E-state index >= 15 is 0 Å². The normalized spacial score (nSPS) is 17.4. The van der Waals surface area contributed by atoms with Gasteiger partial charge in [-0.05, 0) is 41.9 Å². The summed E-state index contributed by atoms with van der Waals surface area (Å²) in [5.74, 6) is 1.71. The number of hydrogen-bond donors (Lipinski definition) is 1. The molecule has 118 valence electrons. The van der Waals surface area contributed by atoms with Crippen LogP contribution in [0.2, 0.25) is 0 Å². The van der Waals surface area contributed by atoms with Crippen LogP contribution in [-0.2, 0) is 5.54 Å². The van der Waals surface area contributed by atoms with E-state index in [4.69, 9.17) is 4.74 Å². The molecule has 1 saturated carbocycles. The first-order valence-corrected chi connectivity index (χ1v) is 7.97. The lowest BCUT2D eigenvalue weighted by Gasteiger charge is -2.36. The Labute approximate surface area is 130 Å². The molecule has 0 unspecified atom stereocenters. The highest BCUT2D eigenvalue weighted by atomic mass is 16.5. The van der Waals surface area contributed by atoms with Gasteiger partial charge < -0.3 is 10.1 Å². The molecular formula is C16H23N5O. The minimum Gasteiger partial charge on any atom is -0.497 e. The summed E-state index contributed by atoms with van der Waals surface area (Å²) in [6, 6.07) is 7.85. The maximum Gasteiger partial charge on any atom is 0.176 e. The third kappa shape index (κ3) is 2.70. The molecule has 2 aromatic rings. The summed E-state index contributed by atoms with van der Waals surface area (Å²) >= 11 is 0. The van der Waals surface area contributed by atoms with E-state index < -0.39 is 0 Å². The van der Waals surface area contributed by atoms with Crippen LogP contribution in [0.25, 0.3) is 5.69 Å². The molecule has 0 aliphatic heterocycles. The number of benzene rings is 1. The molecule has 0 amide bonds. The first-order chi connectivity index (χ1) is 10.8. The standard InChI is InChI=1S/C16H23N5O/c1-3-17-16(10-5-4-6-11-16)15-18-19-20-21(15)13-8-7-9-14(12-13)22-2/h7-9,12,17H,3-6,10-11H2,1-2H3. The van der Waals surface area contributed by atoms with Crippen molar-refractivity contribution < 1.29 is 4.74 Å². The molecule has 1 heterocycles. The van der Waals surface area contributed by atoms with Crippen LogP contribution in [-0.4, -0.2) is 33.9 Å². The number of aromatic nitrogens is 4. The second-order valence-electron chi connectivity index (χ2n) is 5.79. The maximum absolute atomic E-state index is 5.31. The average molecular weight is 301 g/mol. The van der Waals surface area contributed by atoms with E-state index in [0.29, 0.717) is 0 Å². The van der Waals surface area contributed by atoms with Crippen LogP contribution in [0.3, 0.4) is 0 Å². The van der Waals surface area contributed by atoms with E-state index in [-0.39, 0.29) is 5.54 Å². The van der Waals surface area contributed by atoms with Crippen molar-refractivity contribution in [1.82, 2.24) is 25.5 Å². The Morgan fingerprint density at radius 2 is 2.09 bits per heavy atom. The highest BCUT2D eigenvalue weighted by Crippen LogP contribution is 2.36. The third-order valence-corrected chi connectivity index (χ3v) is 4.42. The van der Waals surface area contributed by atoms with E-state index in [0.717, 1.165) is 36.6 Å². The van der Waals surface area contributed by atoms with Gasteiger partial charge in [-0.15, -0.1) is 5.10 Å². The van der Waals surface area contributed by atoms with Crippen molar-refractivity contribution in [3.63, 3.8) is 0 Å². The van der Waals surface area contributed by atoms with E-state index in [1.54, 1.807) is 7.11 Å². The minimum atomic E-state index is -0.125. The van der Waals surface area contributed by atoms with Gasteiger partial charge in [0.25, 0.3) is 0 Å². The molecule has 1 aliphatic rings. The number of ether oxygens (including phenoxy) is 1. The molecule has 1 aromatic heterocycles. The van der Waals surface area contributed by atoms with Gasteiger partial charge in [-0.2, -0.15) is 4.68 Å². The fraction of sp³-hybridized carbons (Fsp3) is 0.562. The smallest absolute Gasteiger partial charge is 0.176 e. The van der Waals surface area contributed by atoms with Crippen LogP contribution in [0.5, 0.6) is 5.75 Å². The van der Waals surface area contributed by atoms with E-state index in [2.05, 4.69) is 27.8 Å². The van der Waals surface area contributed by atoms with Gasteiger partial charge in [0, 0.05) is 6.07 Å². The Morgan fingerprint density at radius 3 is 2.82 bits per heavy atom. The highest BCUT2D eigenvalue weighted by Gasteiger charge is 2.38. The van der Waals surface area contributed by atoms with Gasteiger partial charge in [0.15, 0.2) is 5.82 Å². The molecule has 0 radical (unpaired) electrons. The summed E-state index contributed by atoms with van der Waals surface area (Å²) in [6.07, 6.45) is 5.85. The predicted octanol–water partition coefficient (Wildman–Crippen LogP) is 2.44. The Hall–Kier alpha value is -1.95. The molecule has 0 spiro atoms. The summed E-state index contributed by atoms with van der Waals surface area (Å²) in [6.45, 7) is 3.04. The van der Waals surface area contributed by atoms with E-state index in [9.17, 15) is 0 Å². The largest absolute Gasteiger partial charge is 0.497 e. The van der Waals surface area contributed by atoms with Crippen molar-refractivity contribution in [3.8, 4) is 11.4 Å². The monoisotopic (exact) mass is 301 g/mol. The zero-order valence-corrected chi connectivity index (χ0v) is 13.2. The molecule has 6 heteroatoms. The lowest BCUT2D eigenvalue weighted by molar-refractivity contribution is 0.220. The maximum atomic E-state index is 5.31. The molecule has 3 rings (SSSR count). The molecule has 6 nitrogen and oxygen atoms in total. The number of tetrazole rings is 1. The van der Waals surface area contributed by atoms with Gasteiger partial charge in [-0.3, -0.25) is 0 Å². The lowest BCUT2D eigenvalue weighted by Crippen LogP contribution is -2.46. The Balaban J connectivity index is 2.02. The quantitative estimate of drug-likeness (QED) is 0.919. The van der Waals surface area contributed by atoms with Gasteiger partial charge in [0.2, 0.25) is 0 Å². The lowest BCUT2D eigenvalue weighted by atomic mass is 9.81. The summed E-state index contributed by atoms with van der Waals surface area (Å²) in [4.78, 5) is 0. The fourth-order valence-electron chi connectivity index (χ4n) is 3.37. The molecule has 1 aliphatic carbocycles. The third-order valence-electron chi connectivity index (χ3n) is 4.42. The van der Waals surface area contributed by atoms with Crippen molar-refractivity contribution in [3.05, 3.63) is 30.1 Å². The number of nitrogens with zero attached hydrogens (tertiary/aromatic N) is 4. The molecule has 1 N–H and O–H groups in total. The van der Waals surface area contributed by atoms with Crippen LogP contribution < -0.4 is 10.1 Å². The van der Waals surface area contributed by atoms with Crippen molar-refractivity contribution in [1.29, 1.82) is 0 Å². The van der Waals surface area contributed by atoms with Crippen molar-refractivity contribution in [2.75, 3.05) is 13.7 Å². The highest BCUT2D eigenvalue weighted by molar-refractivity contribution is 5.39. The first-order valence-electron chi connectivity index (χ1n) is 7.97. The van der Waals surface area contributed by atoms with Crippen LogP contribution in [0.15, 0.2) is 24.3 Å². The van der Waals surface area contributed by atoms with Gasteiger partial charge >= 0.3 is 0 Å². The van der Waals surface area contributed by atoms with Gasteiger partial charge in [0.1, 0.15) is 5.75 Å². The predicted molar refractivity (Wildman–Crippen MR) is 84.1 cm³/mol. The molecule has 0 bridgehead atoms. The molecule has 22 heavy (non-hydrogen) atoms. The van der Waals surface area contributed by atoms with Gasteiger partial charge in [0.05, 0.1) is 18.3 Å². The summed E-state index contributed by atoms with van der Waals surface area (Å²) < 4.78 is 7.16. The molecule has 0 atom stereocenters. The van der Waals surface area contributed by atoms with Gasteiger partial charge in [-0.1, -0.05) is 32.3 Å². The topological polar surface area (TPSA) is 64.9 Å². The second-order valence-corrected chi connectivity index (χ2v) is 5.79. The van der Waals surface area contributed by atoms with Gasteiger partial charge in [-0.25, -0.2) is 0 Å². The van der Waals surface area contributed by atoms with Crippen molar-refractivity contribution in [2.45, 2.75) is 44.6 Å². The Kier molecular flexibility index (Phi) is 4.38. The minimum absolute atomic E-state index is 0.125. The van der Waals surface area contributed by atoms with E-state index in [1.807, 2.05) is 28.9 Å². The SMILES string of the molecule is CCNC1(c2nnnn2-c2cccc(OC)c2)CCCCC1.